The lowest BCUT2D eigenvalue weighted by atomic mass is 10.0. The van der Waals surface area contributed by atoms with Crippen LogP contribution in [0.4, 0.5) is 0 Å². The van der Waals surface area contributed by atoms with E-state index in [9.17, 15) is 4.79 Å². The fourth-order valence-electron chi connectivity index (χ4n) is 2.30. The Morgan fingerprint density at radius 2 is 1.00 bits per heavy atom. The topological polar surface area (TPSA) is 17.1 Å². The van der Waals surface area contributed by atoms with Crippen LogP contribution in [0.15, 0.2) is 0 Å². The minimum absolute atomic E-state index is 0.405. The zero-order chi connectivity index (χ0) is 13.5. The maximum absolute atomic E-state index is 10.4. The molecular formula is C17H31O. The molecule has 0 atom stereocenters. The minimum Gasteiger partial charge on any atom is -0.299 e. The maximum Gasteiger partial charge on any atom is 0.142 e. The summed E-state index contributed by atoms with van der Waals surface area (Å²) in [7, 11) is 0. The van der Waals surface area contributed by atoms with Gasteiger partial charge in [-0.25, -0.2) is 0 Å². The summed E-state index contributed by atoms with van der Waals surface area (Å²) in [6.07, 6.45) is 17.6. The maximum atomic E-state index is 10.4. The highest BCUT2D eigenvalue weighted by Crippen LogP contribution is 2.12. The van der Waals surface area contributed by atoms with Gasteiger partial charge in [0.1, 0.15) is 5.78 Å². The highest BCUT2D eigenvalue weighted by Gasteiger charge is 1.95. The van der Waals surface area contributed by atoms with Crippen LogP contribution in [0.2, 0.25) is 0 Å². The van der Waals surface area contributed by atoms with Crippen molar-refractivity contribution in [1.29, 1.82) is 0 Å². The number of rotatable bonds is 14. The first-order valence-electron chi connectivity index (χ1n) is 8.01. The summed E-state index contributed by atoms with van der Waals surface area (Å²) in [6.45, 7) is 9.06. The molecule has 0 aromatic carbocycles. The zero-order valence-corrected chi connectivity index (χ0v) is 12.3. The van der Waals surface area contributed by atoms with E-state index < -0.39 is 5.78 Å². The van der Waals surface area contributed by atoms with E-state index in [1.807, 2.05) is 0 Å². The Balaban J connectivity index is 2.92. The molecule has 1 heteroatoms. The Kier molecular flexibility index (Phi) is 14.5. The van der Waals surface area contributed by atoms with Crippen molar-refractivity contribution >= 4 is 5.78 Å². The van der Waals surface area contributed by atoms with Crippen LogP contribution in [0.5, 0.6) is 0 Å². The molecule has 0 aromatic rings. The number of carbonyl (C=O) groups is 1. The molecule has 0 bridgehead atoms. The Labute approximate surface area is 115 Å². The lowest BCUT2D eigenvalue weighted by Crippen LogP contribution is -1.89. The van der Waals surface area contributed by atoms with Crippen molar-refractivity contribution < 1.29 is 4.79 Å². The molecule has 0 aliphatic carbocycles. The number of Topliss-reactive ketones (excluding diaryl/α,β-unsaturated/α-hetero) is 1. The second-order valence-electron chi connectivity index (χ2n) is 5.42. The van der Waals surface area contributed by atoms with Crippen LogP contribution in [0.3, 0.4) is 0 Å². The summed E-state index contributed by atoms with van der Waals surface area (Å²) in [4.78, 5) is 10.4. The van der Waals surface area contributed by atoms with Gasteiger partial charge >= 0.3 is 0 Å². The predicted molar refractivity (Wildman–Crippen MR) is 78.6 cm³/mol. The number of ketones is 1. The minimum atomic E-state index is -0.405. The Morgan fingerprint density at radius 3 is 1.33 bits per heavy atom. The quantitative estimate of drug-likeness (QED) is 0.366. The van der Waals surface area contributed by atoms with Crippen molar-refractivity contribution in [1.82, 2.24) is 0 Å². The van der Waals surface area contributed by atoms with Crippen LogP contribution in [0, 0.1) is 6.92 Å². The molecule has 0 amide bonds. The van der Waals surface area contributed by atoms with Crippen LogP contribution in [0.1, 0.15) is 96.8 Å². The van der Waals surface area contributed by atoms with Gasteiger partial charge in [-0.3, -0.25) is 4.79 Å². The highest BCUT2D eigenvalue weighted by atomic mass is 16.1. The van der Waals surface area contributed by atoms with Gasteiger partial charge in [0, 0.05) is 6.42 Å². The third-order valence-electron chi connectivity index (χ3n) is 3.51. The number of hydrogen-bond donors (Lipinski definition) is 0. The van der Waals surface area contributed by atoms with Gasteiger partial charge in [0.05, 0.1) is 6.92 Å². The van der Waals surface area contributed by atoms with Gasteiger partial charge in [0.25, 0.3) is 0 Å². The van der Waals surface area contributed by atoms with Crippen molar-refractivity contribution in [2.75, 3.05) is 0 Å². The van der Waals surface area contributed by atoms with Gasteiger partial charge in [-0.15, -0.1) is 0 Å². The fourth-order valence-corrected chi connectivity index (χ4v) is 2.30. The Bertz CT molecular complexity index is 174. The molecular weight excluding hydrogens is 220 g/mol. The lowest BCUT2D eigenvalue weighted by Gasteiger charge is -2.02. The molecule has 0 unspecified atom stereocenters. The molecule has 0 spiro atoms. The Morgan fingerprint density at radius 1 is 0.667 bits per heavy atom. The third kappa shape index (κ3) is 15.7. The van der Waals surface area contributed by atoms with Crippen LogP contribution < -0.4 is 0 Å². The van der Waals surface area contributed by atoms with Gasteiger partial charge < -0.3 is 0 Å². The number of carbonyl (C=O) groups excluding carboxylic acids is 1. The van der Waals surface area contributed by atoms with Crippen LogP contribution >= 0.6 is 0 Å². The average Bonchev–Trinajstić information content (AvgIpc) is 2.34. The summed E-state index contributed by atoms with van der Waals surface area (Å²) >= 11 is 0. The monoisotopic (exact) mass is 251 g/mol. The van der Waals surface area contributed by atoms with Gasteiger partial charge in [-0.2, -0.15) is 0 Å². The normalized spacial score (nSPS) is 10.8. The summed E-state index contributed by atoms with van der Waals surface area (Å²) < 4.78 is 0. The van der Waals surface area contributed by atoms with Crippen molar-refractivity contribution in [2.24, 2.45) is 0 Å². The second kappa shape index (κ2) is 14.7. The van der Waals surface area contributed by atoms with Crippen molar-refractivity contribution in [3.63, 3.8) is 0 Å². The summed E-state index contributed by atoms with van der Waals surface area (Å²) in [6, 6.07) is 0. The summed E-state index contributed by atoms with van der Waals surface area (Å²) in [5.74, 6) is -0.405. The summed E-state index contributed by atoms with van der Waals surface area (Å²) in [5.41, 5.74) is 0. The molecule has 3 radical (unpaired) electrons. The largest absolute Gasteiger partial charge is 0.299 e. The highest BCUT2D eigenvalue weighted by molar-refractivity contribution is 5.82. The van der Waals surface area contributed by atoms with Crippen molar-refractivity contribution in [3.8, 4) is 0 Å². The fraction of sp³-hybridized carbons (Fsp3) is 0.882. The Hall–Kier alpha value is -0.330. The van der Waals surface area contributed by atoms with Crippen LogP contribution in [-0.4, -0.2) is 5.78 Å². The number of hydrogen-bond acceptors (Lipinski definition) is 1. The lowest BCUT2D eigenvalue weighted by molar-refractivity contribution is -0.114. The SMILES string of the molecule is [C]C(=O)CCCCCCCCCCCCCCC. The van der Waals surface area contributed by atoms with E-state index in [0.29, 0.717) is 6.42 Å². The first-order chi connectivity index (χ1) is 8.77. The summed E-state index contributed by atoms with van der Waals surface area (Å²) in [5, 5.41) is 0. The van der Waals surface area contributed by atoms with Gasteiger partial charge in [-0.1, -0.05) is 84.0 Å². The van der Waals surface area contributed by atoms with Gasteiger partial charge in [0.15, 0.2) is 0 Å². The molecule has 0 rings (SSSR count). The molecule has 0 fully saturated rings. The smallest absolute Gasteiger partial charge is 0.142 e. The van der Waals surface area contributed by atoms with E-state index in [0.717, 1.165) is 12.8 Å². The molecule has 18 heavy (non-hydrogen) atoms. The molecule has 0 saturated heterocycles. The molecule has 0 saturated carbocycles. The second-order valence-corrected chi connectivity index (χ2v) is 5.42. The van der Waals surface area contributed by atoms with E-state index >= 15 is 0 Å². The molecule has 0 N–H and O–H groups in total. The molecule has 105 valence electrons. The average molecular weight is 251 g/mol. The van der Waals surface area contributed by atoms with E-state index in [1.54, 1.807) is 0 Å². The number of unbranched alkanes of at least 4 members (excludes halogenated alkanes) is 12. The van der Waals surface area contributed by atoms with E-state index in [1.165, 1.54) is 70.6 Å². The standard InChI is InChI=1S/C17H31O/c1-3-4-5-6-7-8-9-10-11-12-13-14-15-16-17(2)18/h3-16H2,1H3. The van der Waals surface area contributed by atoms with Crippen molar-refractivity contribution in [2.45, 2.75) is 96.8 Å². The van der Waals surface area contributed by atoms with E-state index in [2.05, 4.69) is 6.92 Å². The van der Waals surface area contributed by atoms with E-state index in [4.69, 9.17) is 6.92 Å². The molecule has 0 aliphatic heterocycles. The van der Waals surface area contributed by atoms with Crippen molar-refractivity contribution in [3.05, 3.63) is 6.92 Å². The van der Waals surface area contributed by atoms with Gasteiger partial charge in [-0.05, 0) is 6.42 Å². The first kappa shape index (κ1) is 17.7. The van der Waals surface area contributed by atoms with Gasteiger partial charge in [0.2, 0.25) is 0 Å². The van der Waals surface area contributed by atoms with Crippen LogP contribution in [0.25, 0.3) is 0 Å². The zero-order valence-electron chi connectivity index (χ0n) is 12.3. The molecule has 0 aromatic heterocycles. The first-order valence-corrected chi connectivity index (χ1v) is 8.01. The van der Waals surface area contributed by atoms with Crippen LogP contribution in [-0.2, 0) is 4.79 Å². The predicted octanol–water partition coefficient (Wildman–Crippen LogP) is 5.62. The molecule has 0 aliphatic rings. The third-order valence-corrected chi connectivity index (χ3v) is 3.51. The molecule has 0 heterocycles. The van der Waals surface area contributed by atoms with E-state index in [-0.39, 0.29) is 0 Å². The molecule has 1 nitrogen and oxygen atoms in total.